The lowest BCUT2D eigenvalue weighted by atomic mass is 9.81. The number of hydrogen-bond donors (Lipinski definition) is 1. The Morgan fingerprint density at radius 2 is 1.65 bits per heavy atom. The molecule has 0 saturated carbocycles. The summed E-state index contributed by atoms with van der Waals surface area (Å²) in [5.74, 6) is -0.741. The first kappa shape index (κ1) is 17.2. The molecule has 2 aliphatic rings. The summed E-state index contributed by atoms with van der Waals surface area (Å²) in [6.45, 7) is 0.976. The second kappa shape index (κ2) is 7.58. The first-order valence-corrected chi connectivity index (χ1v) is 9.56. The number of carbonyl (C=O) groups is 1. The average molecular weight is 352 g/mol. The highest BCUT2D eigenvalue weighted by atomic mass is 19.1. The van der Waals surface area contributed by atoms with E-state index >= 15 is 0 Å². The largest absolute Gasteiger partial charge is 0.349 e. The predicted octanol–water partition coefficient (Wildman–Crippen LogP) is 4.14. The Labute approximate surface area is 154 Å². The van der Waals surface area contributed by atoms with E-state index in [1.54, 1.807) is 18.2 Å². The molecular formula is C22H25FN2O. The number of halogens is 1. The summed E-state index contributed by atoms with van der Waals surface area (Å²) < 4.78 is 13.9. The van der Waals surface area contributed by atoms with Crippen molar-refractivity contribution in [1.82, 2.24) is 10.2 Å². The van der Waals surface area contributed by atoms with Crippen molar-refractivity contribution in [2.75, 3.05) is 0 Å². The van der Waals surface area contributed by atoms with Crippen LogP contribution in [0.2, 0.25) is 0 Å². The Bertz CT molecular complexity index is 750. The third-order valence-corrected chi connectivity index (χ3v) is 5.79. The van der Waals surface area contributed by atoms with Crippen LogP contribution in [0.5, 0.6) is 0 Å². The molecule has 1 N–H and O–H groups in total. The molecule has 2 heterocycles. The van der Waals surface area contributed by atoms with Crippen LogP contribution in [0.3, 0.4) is 0 Å². The van der Waals surface area contributed by atoms with E-state index in [-0.39, 0.29) is 17.5 Å². The van der Waals surface area contributed by atoms with E-state index in [9.17, 15) is 9.18 Å². The molecule has 2 aromatic carbocycles. The molecule has 136 valence electrons. The standard InChI is InChI=1S/C22H25FN2O/c23-21-12-5-4-11-20(21)22(26)24-17-13-18-9-6-10-19(14-17)25(18)15-16-7-2-1-3-8-16/h1-5,7-8,11-12,17-19H,6,9-10,13-15H2,(H,24,26). The third-order valence-electron chi connectivity index (χ3n) is 5.79. The van der Waals surface area contributed by atoms with E-state index in [1.807, 2.05) is 0 Å². The van der Waals surface area contributed by atoms with E-state index < -0.39 is 5.82 Å². The first-order valence-electron chi connectivity index (χ1n) is 9.56. The average Bonchev–Trinajstić information content (AvgIpc) is 2.63. The number of carbonyl (C=O) groups excluding carboxylic acids is 1. The lowest BCUT2D eigenvalue weighted by Gasteiger charge is -2.49. The Morgan fingerprint density at radius 3 is 2.35 bits per heavy atom. The monoisotopic (exact) mass is 352 g/mol. The van der Waals surface area contributed by atoms with Crippen molar-refractivity contribution in [3.05, 3.63) is 71.5 Å². The van der Waals surface area contributed by atoms with Crippen molar-refractivity contribution in [2.24, 2.45) is 0 Å². The molecule has 2 bridgehead atoms. The number of hydrogen-bond acceptors (Lipinski definition) is 2. The molecule has 2 saturated heterocycles. The molecule has 2 aromatic rings. The fourth-order valence-corrected chi connectivity index (χ4v) is 4.56. The van der Waals surface area contributed by atoms with Gasteiger partial charge in [-0.15, -0.1) is 0 Å². The molecule has 0 aromatic heterocycles. The second-order valence-electron chi connectivity index (χ2n) is 7.52. The minimum Gasteiger partial charge on any atom is -0.349 e. The van der Waals surface area contributed by atoms with Gasteiger partial charge in [-0.1, -0.05) is 48.9 Å². The summed E-state index contributed by atoms with van der Waals surface area (Å²) in [5, 5.41) is 3.08. The van der Waals surface area contributed by atoms with Crippen LogP contribution in [0.15, 0.2) is 54.6 Å². The number of benzene rings is 2. The van der Waals surface area contributed by atoms with Gasteiger partial charge < -0.3 is 5.32 Å². The Hall–Kier alpha value is -2.20. The van der Waals surface area contributed by atoms with Crippen LogP contribution in [0, 0.1) is 5.82 Å². The van der Waals surface area contributed by atoms with Crippen LogP contribution in [0.25, 0.3) is 0 Å². The molecule has 0 spiro atoms. The van der Waals surface area contributed by atoms with Gasteiger partial charge in [0, 0.05) is 24.7 Å². The van der Waals surface area contributed by atoms with Gasteiger partial charge in [-0.3, -0.25) is 9.69 Å². The summed E-state index contributed by atoms with van der Waals surface area (Å²) in [6.07, 6.45) is 5.51. The Balaban J connectivity index is 1.43. The van der Waals surface area contributed by atoms with Crippen LogP contribution in [-0.2, 0) is 6.54 Å². The van der Waals surface area contributed by atoms with Crippen molar-refractivity contribution in [2.45, 2.75) is 56.8 Å². The van der Waals surface area contributed by atoms with Crippen LogP contribution >= 0.6 is 0 Å². The minimum atomic E-state index is -0.452. The first-order chi connectivity index (χ1) is 12.7. The van der Waals surface area contributed by atoms with Gasteiger partial charge in [-0.25, -0.2) is 4.39 Å². The van der Waals surface area contributed by atoms with E-state index in [0.29, 0.717) is 12.1 Å². The van der Waals surface area contributed by atoms with E-state index in [4.69, 9.17) is 0 Å². The van der Waals surface area contributed by atoms with Gasteiger partial charge in [-0.2, -0.15) is 0 Å². The fourth-order valence-electron chi connectivity index (χ4n) is 4.56. The maximum Gasteiger partial charge on any atom is 0.254 e. The number of fused-ring (bicyclic) bond motifs is 2. The van der Waals surface area contributed by atoms with Gasteiger partial charge in [0.1, 0.15) is 5.82 Å². The van der Waals surface area contributed by atoms with Gasteiger partial charge in [0.2, 0.25) is 0 Å². The minimum absolute atomic E-state index is 0.129. The lowest BCUT2D eigenvalue weighted by molar-refractivity contribution is 0.0176. The van der Waals surface area contributed by atoms with Crippen molar-refractivity contribution in [1.29, 1.82) is 0 Å². The molecule has 4 heteroatoms. The zero-order valence-electron chi connectivity index (χ0n) is 14.9. The topological polar surface area (TPSA) is 32.3 Å². The van der Waals surface area contributed by atoms with Crippen LogP contribution in [0.4, 0.5) is 4.39 Å². The van der Waals surface area contributed by atoms with E-state index in [1.165, 1.54) is 30.9 Å². The van der Waals surface area contributed by atoms with Gasteiger partial charge in [0.25, 0.3) is 5.91 Å². The van der Waals surface area contributed by atoms with Crippen LogP contribution in [0.1, 0.15) is 48.0 Å². The van der Waals surface area contributed by atoms with E-state index in [0.717, 1.165) is 19.4 Å². The van der Waals surface area contributed by atoms with Crippen molar-refractivity contribution in [3.8, 4) is 0 Å². The van der Waals surface area contributed by atoms with Gasteiger partial charge in [0.05, 0.1) is 5.56 Å². The molecule has 2 unspecified atom stereocenters. The summed E-state index contributed by atoms with van der Waals surface area (Å²) in [5.41, 5.74) is 1.49. The normalized spacial score (nSPS) is 25.7. The molecule has 4 rings (SSSR count). The maximum atomic E-state index is 13.9. The Morgan fingerprint density at radius 1 is 1.00 bits per heavy atom. The number of amides is 1. The number of piperidine rings is 2. The predicted molar refractivity (Wildman–Crippen MR) is 100 cm³/mol. The van der Waals surface area contributed by atoms with Crippen molar-refractivity contribution in [3.63, 3.8) is 0 Å². The van der Waals surface area contributed by atoms with Gasteiger partial charge in [-0.05, 0) is 43.4 Å². The summed E-state index contributed by atoms with van der Waals surface area (Å²) in [4.78, 5) is 15.1. The van der Waals surface area contributed by atoms with Crippen molar-refractivity contribution < 1.29 is 9.18 Å². The number of rotatable bonds is 4. The van der Waals surface area contributed by atoms with Gasteiger partial charge in [0.15, 0.2) is 0 Å². The molecule has 1 amide bonds. The third kappa shape index (κ3) is 3.65. The zero-order chi connectivity index (χ0) is 17.9. The van der Waals surface area contributed by atoms with Crippen LogP contribution in [-0.4, -0.2) is 28.9 Å². The molecule has 2 aliphatic heterocycles. The number of nitrogens with one attached hydrogen (secondary N) is 1. The number of nitrogens with zero attached hydrogens (tertiary/aromatic N) is 1. The lowest BCUT2D eigenvalue weighted by Crippen LogP contribution is -2.56. The fraction of sp³-hybridized carbons (Fsp3) is 0.409. The molecule has 0 aliphatic carbocycles. The quantitative estimate of drug-likeness (QED) is 0.897. The molecule has 3 nitrogen and oxygen atoms in total. The van der Waals surface area contributed by atoms with Crippen LogP contribution < -0.4 is 5.32 Å². The van der Waals surface area contributed by atoms with E-state index in [2.05, 4.69) is 40.5 Å². The molecular weight excluding hydrogens is 327 g/mol. The molecule has 0 radical (unpaired) electrons. The summed E-state index contributed by atoms with van der Waals surface area (Å²) in [6, 6.07) is 17.9. The van der Waals surface area contributed by atoms with Crippen molar-refractivity contribution >= 4 is 5.91 Å². The Kier molecular flexibility index (Phi) is 5.02. The zero-order valence-corrected chi connectivity index (χ0v) is 14.9. The highest BCUT2D eigenvalue weighted by Gasteiger charge is 2.38. The summed E-state index contributed by atoms with van der Waals surface area (Å²) in [7, 11) is 0. The molecule has 2 atom stereocenters. The smallest absolute Gasteiger partial charge is 0.254 e. The highest BCUT2D eigenvalue weighted by Crippen LogP contribution is 2.35. The molecule has 26 heavy (non-hydrogen) atoms. The maximum absolute atomic E-state index is 13.9. The van der Waals surface area contributed by atoms with Gasteiger partial charge >= 0.3 is 0 Å². The summed E-state index contributed by atoms with van der Waals surface area (Å²) >= 11 is 0. The second-order valence-corrected chi connectivity index (χ2v) is 7.52. The highest BCUT2D eigenvalue weighted by molar-refractivity contribution is 5.94. The SMILES string of the molecule is O=C(NC1CC2CCCC(C1)N2Cc1ccccc1)c1ccccc1F. The molecule has 2 fully saturated rings.